The number of hydrogen-bond donors (Lipinski definition) is 1. The number of nitrogens with zero attached hydrogens (tertiary/aromatic N) is 3. The first kappa shape index (κ1) is 26.6. The van der Waals surface area contributed by atoms with Gasteiger partial charge in [0.1, 0.15) is 5.00 Å². The second kappa shape index (κ2) is 11.0. The van der Waals surface area contributed by atoms with E-state index in [1.807, 2.05) is 26.0 Å². The summed E-state index contributed by atoms with van der Waals surface area (Å²) in [6.07, 6.45) is 0.173. The maximum atomic E-state index is 13.1. The first-order valence-electron chi connectivity index (χ1n) is 12.2. The number of nitrogens with one attached hydrogen (secondary N) is 1. The lowest BCUT2D eigenvalue weighted by atomic mass is 9.94. The van der Waals surface area contributed by atoms with Crippen LogP contribution in [0.4, 0.5) is 5.00 Å². The molecule has 0 saturated carbocycles. The van der Waals surface area contributed by atoms with Gasteiger partial charge in [-0.05, 0) is 43.9 Å². The summed E-state index contributed by atoms with van der Waals surface area (Å²) in [6.45, 7) is 5.72. The number of amides is 3. The van der Waals surface area contributed by atoms with Gasteiger partial charge in [-0.3, -0.25) is 19.3 Å². The Labute approximate surface area is 231 Å². The monoisotopic (exact) mass is 564 g/mol. The van der Waals surface area contributed by atoms with E-state index in [4.69, 9.17) is 9.15 Å². The van der Waals surface area contributed by atoms with Gasteiger partial charge in [0.25, 0.3) is 17.0 Å². The van der Waals surface area contributed by atoms with Gasteiger partial charge >= 0.3 is 5.97 Å². The number of anilines is 1. The predicted octanol–water partition coefficient (Wildman–Crippen LogP) is 4.65. The molecular weight excluding hydrogens is 540 g/mol. The standard InChI is InChI=1S/C27H24N4O6S2/c1-4-36-26(35)21-14(2)15(3)39-23(21)28-19(32)13-38-27-30-29-20(37-27)11-12-31-24(33)17-9-5-7-16-8-6-10-18(22(16)17)25(31)34/h5-10H,4,11-13H2,1-3H3,(H,28,32). The highest BCUT2D eigenvalue weighted by atomic mass is 32.2. The molecule has 1 N–H and O–H groups in total. The number of carbonyl (C=O) groups excluding carboxylic acids is 4. The predicted molar refractivity (Wildman–Crippen MR) is 146 cm³/mol. The zero-order chi connectivity index (χ0) is 27.7. The second-order valence-electron chi connectivity index (χ2n) is 8.73. The first-order chi connectivity index (χ1) is 18.8. The van der Waals surface area contributed by atoms with E-state index in [0.29, 0.717) is 27.1 Å². The SMILES string of the molecule is CCOC(=O)c1c(NC(=O)CSc2nnc(CCN3C(=O)c4cccc5cccc(c45)C3=O)o2)sc(C)c1C. The van der Waals surface area contributed by atoms with Crippen LogP contribution in [-0.2, 0) is 16.0 Å². The van der Waals surface area contributed by atoms with Crippen LogP contribution in [-0.4, -0.2) is 57.7 Å². The third-order valence-corrected chi connectivity index (χ3v) is 8.24. The molecular formula is C27H24N4O6S2. The van der Waals surface area contributed by atoms with Crippen molar-refractivity contribution in [1.29, 1.82) is 0 Å². The van der Waals surface area contributed by atoms with E-state index in [-0.39, 0.29) is 54.2 Å². The summed E-state index contributed by atoms with van der Waals surface area (Å²) in [4.78, 5) is 53.1. The number of carbonyl (C=O) groups is 4. The summed E-state index contributed by atoms with van der Waals surface area (Å²) < 4.78 is 10.8. The summed E-state index contributed by atoms with van der Waals surface area (Å²) in [5.74, 6) is -1.33. The van der Waals surface area contributed by atoms with E-state index in [0.717, 1.165) is 27.6 Å². The Kier molecular flexibility index (Phi) is 7.49. The van der Waals surface area contributed by atoms with Crippen molar-refractivity contribution in [3.63, 3.8) is 0 Å². The minimum atomic E-state index is -0.477. The summed E-state index contributed by atoms with van der Waals surface area (Å²) in [5, 5.41) is 12.8. The average molecular weight is 565 g/mol. The lowest BCUT2D eigenvalue weighted by Gasteiger charge is -2.26. The average Bonchev–Trinajstić information content (AvgIpc) is 3.49. The van der Waals surface area contributed by atoms with Crippen LogP contribution in [0.2, 0.25) is 0 Å². The molecule has 0 bridgehead atoms. The Balaban J connectivity index is 1.19. The van der Waals surface area contributed by atoms with Gasteiger partial charge in [-0.2, -0.15) is 0 Å². The summed E-state index contributed by atoms with van der Waals surface area (Å²) >= 11 is 2.35. The zero-order valence-electron chi connectivity index (χ0n) is 21.4. The van der Waals surface area contributed by atoms with Gasteiger partial charge in [-0.15, -0.1) is 21.5 Å². The Morgan fingerprint density at radius 2 is 1.77 bits per heavy atom. The molecule has 12 heteroatoms. The summed E-state index contributed by atoms with van der Waals surface area (Å²) in [5.41, 5.74) is 2.10. The molecule has 0 saturated heterocycles. The molecule has 0 unspecified atom stereocenters. The van der Waals surface area contributed by atoms with Gasteiger partial charge in [-0.1, -0.05) is 36.0 Å². The molecule has 1 aliphatic rings. The minimum Gasteiger partial charge on any atom is -0.462 e. The molecule has 10 nitrogen and oxygen atoms in total. The van der Waals surface area contributed by atoms with Crippen molar-refractivity contribution in [2.24, 2.45) is 0 Å². The number of ether oxygens (including phenoxy) is 1. The van der Waals surface area contributed by atoms with Crippen molar-refractivity contribution in [2.45, 2.75) is 32.4 Å². The van der Waals surface area contributed by atoms with Crippen LogP contribution in [0.15, 0.2) is 46.0 Å². The number of hydrogen-bond acceptors (Lipinski definition) is 10. The molecule has 5 rings (SSSR count). The minimum absolute atomic E-state index is 0.0240. The van der Waals surface area contributed by atoms with E-state index in [2.05, 4.69) is 15.5 Å². The molecule has 2 aromatic carbocycles. The first-order valence-corrected chi connectivity index (χ1v) is 14.0. The van der Waals surface area contributed by atoms with Crippen LogP contribution in [0, 0.1) is 13.8 Å². The van der Waals surface area contributed by atoms with Crippen LogP contribution < -0.4 is 5.32 Å². The van der Waals surface area contributed by atoms with Crippen LogP contribution in [0.3, 0.4) is 0 Å². The molecule has 0 aliphatic carbocycles. The van der Waals surface area contributed by atoms with E-state index >= 15 is 0 Å². The number of imide groups is 1. The van der Waals surface area contributed by atoms with Gasteiger partial charge in [0.15, 0.2) is 0 Å². The maximum absolute atomic E-state index is 13.1. The van der Waals surface area contributed by atoms with Crippen molar-refractivity contribution in [1.82, 2.24) is 15.1 Å². The fraction of sp³-hybridized carbons (Fsp3) is 0.259. The van der Waals surface area contributed by atoms with Crippen molar-refractivity contribution in [2.75, 3.05) is 24.2 Å². The molecule has 0 radical (unpaired) electrons. The van der Waals surface area contributed by atoms with Gasteiger partial charge in [0.05, 0.1) is 17.9 Å². The summed E-state index contributed by atoms with van der Waals surface area (Å²) in [7, 11) is 0. The number of rotatable bonds is 9. The number of thioether (sulfide) groups is 1. The Morgan fingerprint density at radius 3 is 2.44 bits per heavy atom. The third-order valence-electron chi connectivity index (χ3n) is 6.30. The smallest absolute Gasteiger partial charge is 0.341 e. The quantitative estimate of drug-likeness (QED) is 0.175. The molecule has 0 spiro atoms. The highest BCUT2D eigenvalue weighted by Crippen LogP contribution is 2.33. The van der Waals surface area contributed by atoms with Gasteiger partial charge in [-0.25, -0.2) is 4.79 Å². The fourth-order valence-electron chi connectivity index (χ4n) is 4.34. The molecule has 0 atom stereocenters. The topological polar surface area (TPSA) is 132 Å². The molecule has 39 heavy (non-hydrogen) atoms. The van der Waals surface area contributed by atoms with Gasteiger partial charge < -0.3 is 14.5 Å². The Morgan fingerprint density at radius 1 is 1.08 bits per heavy atom. The second-order valence-corrected chi connectivity index (χ2v) is 10.9. The number of thiophene rings is 1. The highest BCUT2D eigenvalue weighted by molar-refractivity contribution is 7.99. The highest BCUT2D eigenvalue weighted by Gasteiger charge is 2.32. The molecule has 1 aliphatic heterocycles. The number of benzene rings is 2. The van der Waals surface area contributed by atoms with Crippen LogP contribution in [0.25, 0.3) is 10.8 Å². The van der Waals surface area contributed by atoms with E-state index in [1.165, 1.54) is 16.2 Å². The Hall–Kier alpha value is -4.03. The van der Waals surface area contributed by atoms with Crippen molar-refractivity contribution >= 4 is 62.6 Å². The lowest BCUT2D eigenvalue weighted by Crippen LogP contribution is -2.41. The molecule has 200 valence electrons. The molecule has 3 heterocycles. The van der Waals surface area contributed by atoms with Gasteiger partial charge in [0.2, 0.25) is 11.8 Å². The zero-order valence-corrected chi connectivity index (χ0v) is 23.0. The maximum Gasteiger partial charge on any atom is 0.341 e. The van der Waals surface area contributed by atoms with Crippen LogP contribution >= 0.6 is 23.1 Å². The van der Waals surface area contributed by atoms with Crippen molar-refractivity contribution in [3.8, 4) is 0 Å². The van der Waals surface area contributed by atoms with E-state index < -0.39 is 5.97 Å². The molecule has 0 fully saturated rings. The number of esters is 1. The largest absolute Gasteiger partial charge is 0.462 e. The molecule has 2 aromatic heterocycles. The van der Waals surface area contributed by atoms with Crippen LogP contribution in [0.5, 0.6) is 0 Å². The van der Waals surface area contributed by atoms with E-state index in [9.17, 15) is 19.2 Å². The normalized spacial score (nSPS) is 12.7. The van der Waals surface area contributed by atoms with E-state index in [1.54, 1.807) is 31.2 Å². The Bertz CT molecular complexity index is 1570. The molecule has 4 aromatic rings. The van der Waals surface area contributed by atoms with Crippen molar-refractivity contribution < 1.29 is 28.3 Å². The molecule has 3 amide bonds. The number of aryl methyl sites for hydroxylation is 1. The van der Waals surface area contributed by atoms with Gasteiger partial charge in [0, 0.05) is 34.4 Å². The van der Waals surface area contributed by atoms with Crippen LogP contribution in [0.1, 0.15) is 54.3 Å². The number of aromatic nitrogens is 2. The lowest BCUT2D eigenvalue weighted by molar-refractivity contribution is -0.113. The third kappa shape index (κ3) is 5.17. The summed E-state index contributed by atoms with van der Waals surface area (Å²) in [6, 6.07) is 10.8. The van der Waals surface area contributed by atoms with Crippen molar-refractivity contribution in [3.05, 3.63) is 69.4 Å². The fourth-order valence-corrected chi connectivity index (χ4v) is 5.99.